The summed E-state index contributed by atoms with van der Waals surface area (Å²) >= 11 is 0. The Bertz CT molecular complexity index is 1160. The summed E-state index contributed by atoms with van der Waals surface area (Å²) < 4.78 is 10.6. The smallest absolute Gasteiger partial charge is 0.306 e. The zero-order valence-electron chi connectivity index (χ0n) is 40.6. The zero-order valence-corrected chi connectivity index (χ0v) is 40.6. The highest BCUT2D eigenvalue weighted by Crippen LogP contribution is 2.16. The Morgan fingerprint density at radius 2 is 0.694 bits per heavy atom. The molecule has 0 radical (unpaired) electrons. The third kappa shape index (κ3) is 49.7. The number of ether oxygens (including phenoxy) is 2. The SMILES string of the molecule is CC/C=C\C/C=C\C/C=C\C/C=C\C/C=C\CCCCCCCCCCCCCCCCCCCCCC(=O)OC(CO)COC(=O)CCCCCCC/C=C\C/C=C\CCC. The van der Waals surface area contributed by atoms with Crippen LogP contribution in [0.25, 0.3) is 0 Å². The highest BCUT2D eigenvalue weighted by molar-refractivity contribution is 5.70. The summed E-state index contributed by atoms with van der Waals surface area (Å²) in [6.45, 7) is 3.95. The predicted octanol–water partition coefficient (Wildman–Crippen LogP) is 17.4. The lowest BCUT2D eigenvalue weighted by molar-refractivity contribution is -0.161. The Balaban J connectivity index is 3.45. The van der Waals surface area contributed by atoms with Gasteiger partial charge in [-0.2, -0.15) is 0 Å². The molecule has 62 heavy (non-hydrogen) atoms. The molecule has 1 unspecified atom stereocenters. The van der Waals surface area contributed by atoms with Gasteiger partial charge in [0, 0.05) is 12.8 Å². The highest BCUT2D eigenvalue weighted by atomic mass is 16.6. The van der Waals surface area contributed by atoms with Crippen LogP contribution in [-0.2, 0) is 19.1 Å². The molecule has 0 amide bonds. The molecule has 0 aliphatic carbocycles. The summed E-state index contributed by atoms with van der Waals surface area (Å²) in [5.41, 5.74) is 0. The van der Waals surface area contributed by atoms with E-state index in [2.05, 4.69) is 98.9 Å². The van der Waals surface area contributed by atoms with Gasteiger partial charge in [0.1, 0.15) is 6.61 Å². The van der Waals surface area contributed by atoms with Crippen LogP contribution >= 0.6 is 0 Å². The molecule has 0 saturated heterocycles. The molecule has 0 heterocycles. The van der Waals surface area contributed by atoms with Crippen molar-refractivity contribution in [3.05, 3.63) is 85.1 Å². The minimum absolute atomic E-state index is 0.0737. The molecule has 356 valence electrons. The molecule has 0 fully saturated rings. The van der Waals surface area contributed by atoms with Gasteiger partial charge in [0.25, 0.3) is 0 Å². The fourth-order valence-corrected chi connectivity index (χ4v) is 7.27. The third-order valence-corrected chi connectivity index (χ3v) is 11.2. The van der Waals surface area contributed by atoms with E-state index in [4.69, 9.17) is 9.47 Å². The molecule has 0 saturated carbocycles. The number of carbonyl (C=O) groups is 2. The van der Waals surface area contributed by atoms with Gasteiger partial charge in [-0.3, -0.25) is 9.59 Å². The second-order valence-corrected chi connectivity index (χ2v) is 17.2. The average Bonchev–Trinajstić information content (AvgIpc) is 3.28. The van der Waals surface area contributed by atoms with Gasteiger partial charge < -0.3 is 14.6 Å². The van der Waals surface area contributed by atoms with Crippen molar-refractivity contribution in [1.82, 2.24) is 0 Å². The minimum Gasteiger partial charge on any atom is -0.462 e. The molecule has 0 aliphatic rings. The topological polar surface area (TPSA) is 72.8 Å². The fourth-order valence-electron chi connectivity index (χ4n) is 7.27. The number of hydrogen-bond donors (Lipinski definition) is 1. The van der Waals surface area contributed by atoms with Crippen molar-refractivity contribution in [3.63, 3.8) is 0 Å². The number of aliphatic hydroxyl groups is 1. The second kappa shape index (κ2) is 52.4. The largest absolute Gasteiger partial charge is 0.462 e. The predicted molar refractivity (Wildman–Crippen MR) is 269 cm³/mol. The van der Waals surface area contributed by atoms with Crippen LogP contribution in [0.3, 0.4) is 0 Å². The van der Waals surface area contributed by atoms with Gasteiger partial charge >= 0.3 is 11.9 Å². The van der Waals surface area contributed by atoms with E-state index in [1.807, 2.05) is 0 Å². The molecule has 0 bridgehead atoms. The summed E-state index contributed by atoms with van der Waals surface area (Å²) in [5, 5.41) is 9.60. The maximum Gasteiger partial charge on any atom is 0.306 e. The number of aliphatic hydroxyl groups excluding tert-OH is 1. The van der Waals surface area contributed by atoms with Crippen molar-refractivity contribution in [3.8, 4) is 0 Å². The van der Waals surface area contributed by atoms with Gasteiger partial charge in [-0.25, -0.2) is 0 Å². The molecular weight excluding hydrogens is 765 g/mol. The van der Waals surface area contributed by atoms with Crippen LogP contribution in [-0.4, -0.2) is 36.4 Å². The first kappa shape index (κ1) is 59.1. The van der Waals surface area contributed by atoms with Crippen molar-refractivity contribution in [2.45, 2.75) is 251 Å². The quantitative estimate of drug-likeness (QED) is 0.0375. The van der Waals surface area contributed by atoms with E-state index in [1.165, 1.54) is 128 Å². The first-order valence-corrected chi connectivity index (χ1v) is 26.1. The molecular formula is C57H98O5. The van der Waals surface area contributed by atoms with Gasteiger partial charge in [0.05, 0.1) is 6.61 Å². The first-order valence-electron chi connectivity index (χ1n) is 26.1. The van der Waals surface area contributed by atoms with E-state index < -0.39 is 6.10 Å². The van der Waals surface area contributed by atoms with E-state index in [0.29, 0.717) is 12.8 Å². The lowest BCUT2D eigenvalue weighted by atomic mass is 10.0. The molecule has 1 N–H and O–H groups in total. The van der Waals surface area contributed by atoms with Gasteiger partial charge in [-0.1, -0.05) is 234 Å². The summed E-state index contributed by atoms with van der Waals surface area (Å²) in [5.74, 6) is -0.604. The van der Waals surface area contributed by atoms with Gasteiger partial charge in [0.15, 0.2) is 6.10 Å². The Hall–Kier alpha value is -2.92. The van der Waals surface area contributed by atoms with E-state index in [1.54, 1.807) is 0 Å². The van der Waals surface area contributed by atoms with E-state index in [0.717, 1.165) is 89.9 Å². The minimum atomic E-state index is -0.779. The van der Waals surface area contributed by atoms with E-state index >= 15 is 0 Å². The van der Waals surface area contributed by atoms with Crippen molar-refractivity contribution in [2.24, 2.45) is 0 Å². The van der Waals surface area contributed by atoms with Crippen molar-refractivity contribution < 1.29 is 24.2 Å². The van der Waals surface area contributed by atoms with E-state index in [9.17, 15) is 14.7 Å². The first-order chi connectivity index (χ1) is 30.6. The summed E-state index contributed by atoms with van der Waals surface area (Å²) in [7, 11) is 0. The Morgan fingerprint density at radius 1 is 0.387 bits per heavy atom. The average molecular weight is 863 g/mol. The molecule has 0 rings (SSSR count). The maximum atomic E-state index is 12.3. The van der Waals surface area contributed by atoms with Crippen molar-refractivity contribution >= 4 is 11.9 Å². The lowest BCUT2D eigenvalue weighted by Gasteiger charge is -2.15. The molecule has 0 aliphatic heterocycles. The molecule has 5 heteroatoms. The number of unbranched alkanes of at least 4 members (excludes halogenated alkanes) is 25. The second-order valence-electron chi connectivity index (χ2n) is 17.2. The summed E-state index contributed by atoms with van der Waals surface area (Å²) in [6, 6.07) is 0. The van der Waals surface area contributed by atoms with Crippen LogP contribution in [0.1, 0.15) is 245 Å². The van der Waals surface area contributed by atoms with Gasteiger partial charge in [0.2, 0.25) is 0 Å². The van der Waals surface area contributed by atoms with Crippen LogP contribution < -0.4 is 0 Å². The molecule has 0 spiro atoms. The number of rotatable bonds is 47. The zero-order chi connectivity index (χ0) is 44.9. The van der Waals surface area contributed by atoms with Crippen LogP contribution in [0.2, 0.25) is 0 Å². The number of hydrogen-bond acceptors (Lipinski definition) is 5. The van der Waals surface area contributed by atoms with Crippen LogP contribution in [0.5, 0.6) is 0 Å². The fraction of sp³-hybridized carbons (Fsp3) is 0.719. The third-order valence-electron chi connectivity index (χ3n) is 11.2. The normalized spacial score (nSPS) is 12.9. The van der Waals surface area contributed by atoms with Crippen LogP contribution in [0.15, 0.2) is 85.1 Å². The van der Waals surface area contributed by atoms with E-state index in [-0.39, 0.29) is 25.2 Å². The number of esters is 2. The molecule has 0 aromatic heterocycles. The Labute approximate surface area is 384 Å². The van der Waals surface area contributed by atoms with Gasteiger partial charge in [-0.05, 0) is 83.5 Å². The molecule has 5 nitrogen and oxygen atoms in total. The lowest BCUT2D eigenvalue weighted by Crippen LogP contribution is -2.28. The highest BCUT2D eigenvalue weighted by Gasteiger charge is 2.16. The van der Waals surface area contributed by atoms with Crippen LogP contribution in [0, 0.1) is 0 Å². The van der Waals surface area contributed by atoms with Crippen molar-refractivity contribution in [2.75, 3.05) is 13.2 Å². The Morgan fingerprint density at radius 3 is 1.05 bits per heavy atom. The summed E-state index contributed by atoms with van der Waals surface area (Å²) in [6.07, 6.45) is 72.7. The molecule has 1 atom stereocenters. The van der Waals surface area contributed by atoms with Gasteiger partial charge in [-0.15, -0.1) is 0 Å². The number of carbonyl (C=O) groups excluding carboxylic acids is 2. The number of allylic oxidation sites excluding steroid dienone is 14. The molecule has 0 aromatic rings. The monoisotopic (exact) mass is 863 g/mol. The molecule has 0 aromatic carbocycles. The van der Waals surface area contributed by atoms with Crippen molar-refractivity contribution in [1.29, 1.82) is 0 Å². The maximum absolute atomic E-state index is 12.3. The summed E-state index contributed by atoms with van der Waals surface area (Å²) in [4.78, 5) is 24.4. The standard InChI is InChI=1S/C57H98O5/c1-3-5-7-9-11-13-15-17-18-19-20-21-22-23-24-25-26-27-28-29-30-31-32-33-34-35-36-37-38-40-42-44-46-48-50-52-57(60)62-55(53-58)54-61-56(59)51-49-47-45-43-41-39-16-14-12-10-8-6-4-2/h5,7-8,10-11,13-14,16-18,20-21,23-24,55,58H,3-4,6,9,12,15,19,22,25-54H2,1-2H3/b7-5-,10-8-,13-11-,16-14-,18-17-,21-20-,24-23-. The van der Waals surface area contributed by atoms with Crippen LogP contribution in [0.4, 0.5) is 0 Å². The Kier molecular flexibility index (Phi) is 50.0.